The molecule has 1 unspecified atom stereocenters. The molecule has 0 fully saturated rings. The van der Waals surface area contributed by atoms with E-state index in [0.717, 1.165) is 41.1 Å². The average Bonchev–Trinajstić information content (AvgIpc) is 3.01. The molecule has 0 saturated heterocycles. The standard InChI is InChI=1S/C19H21ClFNO.C2H2O4/c1-22(2)11-3-10-19(15-4-7-17(21)8-5-15)18-9-6-16(20)12-14(18)13-23-19;3-1(4)2(5)6/h4-9,12H,3,10-11,13H2,1-2H3;(H,3,4)(H,5,6). The Bertz CT molecular complexity index is 860. The molecule has 2 N–H and O–H groups in total. The molecule has 0 amide bonds. The van der Waals surface area contributed by atoms with Crippen molar-refractivity contribution in [1.29, 1.82) is 0 Å². The number of halogens is 2. The first-order valence-electron chi connectivity index (χ1n) is 8.95. The summed E-state index contributed by atoms with van der Waals surface area (Å²) in [7, 11) is 4.13. The van der Waals surface area contributed by atoms with Crippen molar-refractivity contribution in [2.45, 2.75) is 25.0 Å². The topological polar surface area (TPSA) is 87.1 Å². The fourth-order valence-electron chi connectivity index (χ4n) is 3.31. The first kappa shape index (κ1) is 22.8. The van der Waals surface area contributed by atoms with Crippen LogP contribution in [0.2, 0.25) is 5.02 Å². The van der Waals surface area contributed by atoms with Crippen molar-refractivity contribution in [3.63, 3.8) is 0 Å². The van der Waals surface area contributed by atoms with Crippen molar-refractivity contribution in [3.8, 4) is 0 Å². The Morgan fingerprint density at radius 3 is 2.31 bits per heavy atom. The van der Waals surface area contributed by atoms with E-state index in [0.29, 0.717) is 6.61 Å². The van der Waals surface area contributed by atoms with Crippen LogP contribution in [-0.4, -0.2) is 47.7 Å². The Morgan fingerprint density at radius 1 is 1.14 bits per heavy atom. The van der Waals surface area contributed by atoms with E-state index in [1.165, 1.54) is 12.1 Å². The summed E-state index contributed by atoms with van der Waals surface area (Å²) in [5.41, 5.74) is 2.75. The highest BCUT2D eigenvalue weighted by Crippen LogP contribution is 2.45. The van der Waals surface area contributed by atoms with Crippen LogP contribution in [0.5, 0.6) is 0 Å². The molecular formula is C21H23ClFNO5. The number of ether oxygens (including phenoxy) is 1. The van der Waals surface area contributed by atoms with Gasteiger partial charge in [0.05, 0.1) is 6.61 Å². The SMILES string of the molecule is CN(C)CCCC1(c2ccc(F)cc2)OCc2cc(Cl)ccc21.O=C(O)C(=O)O. The van der Waals surface area contributed by atoms with Crippen LogP contribution in [0.1, 0.15) is 29.5 Å². The predicted molar refractivity (Wildman–Crippen MR) is 106 cm³/mol. The first-order chi connectivity index (χ1) is 13.7. The molecule has 0 saturated carbocycles. The number of carbonyl (C=O) groups is 2. The van der Waals surface area contributed by atoms with Gasteiger partial charge in [0, 0.05) is 5.02 Å². The Labute approximate surface area is 173 Å². The molecule has 0 aliphatic carbocycles. The van der Waals surface area contributed by atoms with Gasteiger partial charge in [-0.2, -0.15) is 0 Å². The lowest BCUT2D eigenvalue weighted by Crippen LogP contribution is -2.28. The summed E-state index contributed by atoms with van der Waals surface area (Å²) in [6.45, 7) is 1.52. The van der Waals surface area contributed by atoms with Gasteiger partial charge in [0.15, 0.2) is 0 Å². The molecule has 1 aliphatic rings. The third kappa shape index (κ3) is 5.76. The highest BCUT2D eigenvalue weighted by Gasteiger charge is 2.41. The van der Waals surface area contributed by atoms with Crippen LogP contribution < -0.4 is 0 Å². The quantitative estimate of drug-likeness (QED) is 0.712. The summed E-state index contributed by atoms with van der Waals surface area (Å²) in [5.74, 6) is -3.88. The maximum absolute atomic E-state index is 13.3. The molecule has 0 radical (unpaired) electrons. The largest absolute Gasteiger partial charge is 0.473 e. The van der Waals surface area contributed by atoms with Gasteiger partial charge in [0.1, 0.15) is 11.4 Å². The minimum Gasteiger partial charge on any atom is -0.473 e. The fraction of sp³-hybridized carbons (Fsp3) is 0.333. The van der Waals surface area contributed by atoms with Gasteiger partial charge >= 0.3 is 11.9 Å². The maximum atomic E-state index is 13.3. The number of fused-ring (bicyclic) bond motifs is 1. The molecule has 2 aromatic rings. The number of carboxylic acid groups (broad SMARTS) is 2. The van der Waals surface area contributed by atoms with Gasteiger partial charge in [0.25, 0.3) is 0 Å². The van der Waals surface area contributed by atoms with Crippen molar-refractivity contribution in [2.24, 2.45) is 0 Å². The van der Waals surface area contributed by atoms with Crippen LogP contribution in [-0.2, 0) is 26.5 Å². The van der Waals surface area contributed by atoms with Gasteiger partial charge in [0.2, 0.25) is 0 Å². The molecule has 2 aromatic carbocycles. The monoisotopic (exact) mass is 423 g/mol. The van der Waals surface area contributed by atoms with Gasteiger partial charge in [-0.15, -0.1) is 0 Å². The van der Waals surface area contributed by atoms with Crippen LogP contribution in [0, 0.1) is 5.82 Å². The second-order valence-corrected chi connectivity index (χ2v) is 7.38. The Balaban J connectivity index is 0.000000438. The summed E-state index contributed by atoms with van der Waals surface area (Å²) in [5, 5.41) is 15.5. The van der Waals surface area contributed by atoms with Crippen molar-refractivity contribution in [3.05, 3.63) is 70.0 Å². The number of nitrogens with zero attached hydrogens (tertiary/aromatic N) is 1. The minimum atomic E-state index is -1.82. The molecule has 0 bridgehead atoms. The molecular weight excluding hydrogens is 401 g/mol. The van der Waals surface area contributed by atoms with E-state index in [2.05, 4.69) is 19.0 Å². The molecule has 6 nitrogen and oxygen atoms in total. The van der Waals surface area contributed by atoms with Gasteiger partial charge < -0.3 is 19.8 Å². The molecule has 1 aliphatic heterocycles. The fourth-order valence-corrected chi connectivity index (χ4v) is 3.50. The molecule has 0 aromatic heterocycles. The summed E-state index contributed by atoms with van der Waals surface area (Å²) >= 11 is 6.12. The lowest BCUT2D eigenvalue weighted by Gasteiger charge is -2.31. The molecule has 1 heterocycles. The molecule has 0 spiro atoms. The second-order valence-electron chi connectivity index (χ2n) is 6.94. The number of carboxylic acids is 2. The minimum absolute atomic E-state index is 0.230. The summed E-state index contributed by atoms with van der Waals surface area (Å²) < 4.78 is 19.6. The lowest BCUT2D eigenvalue weighted by atomic mass is 9.82. The first-order valence-corrected chi connectivity index (χ1v) is 9.33. The van der Waals surface area contributed by atoms with Crippen molar-refractivity contribution >= 4 is 23.5 Å². The van der Waals surface area contributed by atoms with Crippen molar-refractivity contribution < 1.29 is 28.9 Å². The number of benzene rings is 2. The zero-order valence-electron chi connectivity index (χ0n) is 16.2. The van der Waals surface area contributed by atoms with E-state index < -0.39 is 17.5 Å². The van der Waals surface area contributed by atoms with Crippen LogP contribution in [0.3, 0.4) is 0 Å². The van der Waals surface area contributed by atoms with E-state index >= 15 is 0 Å². The molecule has 29 heavy (non-hydrogen) atoms. The highest BCUT2D eigenvalue weighted by molar-refractivity contribution is 6.30. The third-order valence-electron chi connectivity index (χ3n) is 4.60. The Morgan fingerprint density at radius 2 is 1.76 bits per heavy atom. The summed E-state index contributed by atoms with van der Waals surface area (Å²) in [4.78, 5) is 20.4. The average molecular weight is 424 g/mol. The summed E-state index contributed by atoms with van der Waals surface area (Å²) in [6.07, 6.45) is 1.85. The third-order valence-corrected chi connectivity index (χ3v) is 4.84. The van der Waals surface area contributed by atoms with Gasteiger partial charge in [-0.3, -0.25) is 0 Å². The smallest absolute Gasteiger partial charge is 0.414 e. The van der Waals surface area contributed by atoms with Crippen molar-refractivity contribution in [2.75, 3.05) is 20.6 Å². The second kappa shape index (κ2) is 9.82. The van der Waals surface area contributed by atoms with Gasteiger partial charge in [-0.25, -0.2) is 14.0 Å². The van der Waals surface area contributed by atoms with Crippen LogP contribution in [0.4, 0.5) is 4.39 Å². The highest BCUT2D eigenvalue weighted by atomic mass is 35.5. The Hall–Kier alpha value is -2.48. The number of hydrogen-bond acceptors (Lipinski definition) is 4. The van der Waals surface area contributed by atoms with Crippen molar-refractivity contribution in [1.82, 2.24) is 4.90 Å². The molecule has 156 valence electrons. The van der Waals surface area contributed by atoms with E-state index in [1.807, 2.05) is 30.3 Å². The van der Waals surface area contributed by atoms with Crippen LogP contribution >= 0.6 is 11.6 Å². The van der Waals surface area contributed by atoms with E-state index in [-0.39, 0.29) is 5.82 Å². The number of hydrogen-bond donors (Lipinski definition) is 2. The zero-order valence-corrected chi connectivity index (χ0v) is 16.9. The van der Waals surface area contributed by atoms with Crippen LogP contribution in [0.25, 0.3) is 0 Å². The van der Waals surface area contributed by atoms with E-state index in [1.54, 1.807) is 0 Å². The number of rotatable bonds is 5. The van der Waals surface area contributed by atoms with E-state index in [4.69, 9.17) is 36.1 Å². The lowest BCUT2D eigenvalue weighted by molar-refractivity contribution is -0.159. The van der Waals surface area contributed by atoms with Gasteiger partial charge in [-0.05, 0) is 74.4 Å². The molecule has 8 heteroatoms. The molecule has 3 rings (SSSR count). The van der Waals surface area contributed by atoms with E-state index in [9.17, 15) is 4.39 Å². The Kier molecular flexibility index (Phi) is 7.73. The summed E-state index contributed by atoms with van der Waals surface area (Å²) in [6, 6.07) is 12.6. The zero-order chi connectivity index (χ0) is 21.6. The predicted octanol–water partition coefficient (Wildman–Crippen LogP) is 3.75. The number of aliphatic carboxylic acids is 2. The maximum Gasteiger partial charge on any atom is 0.414 e. The van der Waals surface area contributed by atoms with Crippen LogP contribution in [0.15, 0.2) is 42.5 Å². The van der Waals surface area contributed by atoms with Gasteiger partial charge in [-0.1, -0.05) is 29.8 Å². The molecule has 1 atom stereocenters. The normalized spacial score (nSPS) is 17.4.